The van der Waals surface area contributed by atoms with E-state index in [2.05, 4.69) is 20.0 Å². The molecular formula is C22H18N4O3S2. The van der Waals surface area contributed by atoms with E-state index >= 15 is 0 Å². The molecule has 2 N–H and O–H groups in total. The van der Waals surface area contributed by atoms with E-state index < -0.39 is 10.0 Å². The minimum Gasteiger partial charge on any atom is -0.298 e. The predicted molar refractivity (Wildman–Crippen MR) is 122 cm³/mol. The maximum absolute atomic E-state index is 12.6. The number of hydrogen-bond donors (Lipinski definition) is 2. The standard InChI is InChI=1S/C22H18N4O3S2/c1-15-6-2-3-7-18(15)26-31(28,29)17-11-9-16(10-12-17)21(27)25-22-24-20(14-30-22)19-8-4-5-13-23-19/h2-14,26H,1H3,(H,24,25,27). The summed E-state index contributed by atoms with van der Waals surface area (Å²) in [5.41, 5.74) is 3.04. The average Bonchev–Trinajstić information content (AvgIpc) is 3.24. The molecule has 0 unspecified atom stereocenters. The molecular weight excluding hydrogens is 432 g/mol. The molecule has 156 valence electrons. The van der Waals surface area contributed by atoms with Crippen molar-refractivity contribution >= 4 is 38.1 Å². The van der Waals surface area contributed by atoms with Gasteiger partial charge in [0.15, 0.2) is 5.13 Å². The molecule has 0 aliphatic heterocycles. The van der Waals surface area contributed by atoms with Crippen LogP contribution in [0.2, 0.25) is 0 Å². The number of hydrogen-bond acceptors (Lipinski definition) is 6. The summed E-state index contributed by atoms with van der Waals surface area (Å²) in [4.78, 5) is 21.2. The zero-order valence-corrected chi connectivity index (χ0v) is 18.1. The predicted octanol–water partition coefficient (Wildman–Crippen LogP) is 4.57. The van der Waals surface area contributed by atoms with Crippen LogP contribution in [0.15, 0.2) is 83.2 Å². The number of pyridine rings is 1. The Labute approximate surface area is 183 Å². The van der Waals surface area contributed by atoms with Gasteiger partial charge in [0.2, 0.25) is 0 Å². The molecule has 2 aromatic heterocycles. The maximum atomic E-state index is 12.6. The molecule has 2 aromatic carbocycles. The highest BCUT2D eigenvalue weighted by atomic mass is 32.2. The molecule has 0 radical (unpaired) electrons. The molecule has 0 bridgehead atoms. The third-order valence-corrected chi connectivity index (χ3v) is 6.61. The first-order valence-electron chi connectivity index (χ1n) is 9.29. The van der Waals surface area contributed by atoms with Crippen LogP contribution in [0.25, 0.3) is 11.4 Å². The maximum Gasteiger partial charge on any atom is 0.261 e. The highest BCUT2D eigenvalue weighted by molar-refractivity contribution is 7.92. The van der Waals surface area contributed by atoms with Gasteiger partial charge in [0, 0.05) is 17.1 Å². The van der Waals surface area contributed by atoms with Gasteiger partial charge in [0.1, 0.15) is 5.69 Å². The first-order chi connectivity index (χ1) is 14.9. The Bertz CT molecular complexity index is 1320. The van der Waals surface area contributed by atoms with E-state index in [4.69, 9.17) is 0 Å². The van der Waals surface area contributed by atoms with Crippen molar-refractivity contribution in [3.8, 4) is 11.4 Å². The minimum absolute atomic E-state index is 0.0685. The van der Waals surface area contributed by atoms with Crippen LogP contribution in [0, 0.1) is 6.92 Å². The molecule has 0 fully saturated rings. The number of carbonyl (C=O) groups excluding carboxylic acids is 1. The summed E-state index contributed by atoms with van der Waals surface area (Å²) >= 11 is 1.29. The third-order valence-electron chi connectivity index (χ3n) is 4.47. The zero-order chi connectivity index (χ0) is 21.8. The van der Waals surface area contributed by atoms with Crippen molar-refractivity contribution < 1.29 is 13.2 Å². The number of nitrogens with zero attached hydrogens (tertiary/aromatic N) is 2. The highest BCUT2D eigenvalue weighted by Gasteiger charge is 2.17. The van der Waals surface area contributed by atoms with Crippen LogP contribution in [0.3, 0.4) is 0 Å². The molecule has 2 heterocycles. The molecule has 0 aliphatic rings. The van der Waals surface area contributed by atoms with Gasteiger partial charge in [-0.1, -0.05) is 24.3 Å². The van der Waals surface area contributed by atoms with Crippen LogP contribution in [0.5, 0.6) is 0 Å². The number of nitrogens with one attached hydrogen (secondary N) is 2. The second kappa shape index (κ2) is 8.66. The fourth-order valence-electron chi connectivity index (χ4n) is 2.81. The molecule has 0 spiro atoms. The Balaban J connectivity index is 1.46. The van der Waals surface area contributed by atoms with Crippen molar-refractivity contribution in [2.24, 2.45) is 0 Å². The minimum atomic E-state index is -3.76. The van der Waals surface area contributed by atoms with Crippen LogP contribution >= 0.6 is 11.3 Å². The summed E-state index contributed by atoms with van der Waals surface area (Å²) < 4.78 is 27.8. The second-order valence-corrected chi connectivity index (χ2v) is 9.19. The highest BCUT2D eigenvalue weighted by Crippen LogP contribution is 2.24. The first-order valence-corrected chi connectivity index (χ1v) is 11.7. The topological polar surface area (TPSA) is 101 Å². The van der Waals surface area contributed by atoms with Crippen molar-refractivity contribution in [2.75, 3.05) is 10.0 Å². The molecule has 7 nitrogen and oxygen atoms in total. The van der Waals surface area contributed by atoms with Gasteiger partial charge in [0.05, 0.1) is 16.3 Å². The Morgan fingerprint density at radius 1 is 0.935 bits per heavy atom. The van der Waals surface area contributed by atoms with Gasteiger partial charge in [0.25, 0.3) is 15.9 Å². The average molecular weight is 451 g/mol. The molecule has 31 heavy (non-hydrogen) atoms. The molecule has 9 heteroatoms. The second-order valence-electron chi connectivity index (χ2n) is 6.65. The largest absolute Gasteiger partial charge is 0.298 e. The lowest BCUT2D eigenvalue weighted by molar-refractivity contribution is 0.102. The van der Waals surface area contributed by atoms with E-state index in [9.17, 15) is 13.2 Å². The van der Waals surface area contributed by atoms with E-state index in [0.717, 1.165) is 11.3 Å². The number of aryl methyl sites for hydroxylation is 1. The van der Waals surface area contributed by atoms with Crippen LogP contribution in [0.1, 0.15) is 15.9 Å². The smallest absolute Gasteiger partial charge is 0.261 e. The van der Waals surface area contributed by atoms with Gasteiger partial charge < -0.3 is 0 Å². The fraction of sp³-hybridized carbons (Fsp3) is 0.0455. The van der Waals surface area contributed by atoms with Gasteiger partial charge in [-0.05, 0) is 55.0 Å². The molecule has 4 rings (SSSR count). The molecule has 0 atom stereocenters. The van der Waals surface area contributed by atoms with Gasteiger partial charge in [-0.2, -0.15) is 0 Å². The van der Waals surface area contributed by atoms with Crippen LogP contribution < -0.4 is 10.0 Å². The van der Waals surface area contributed by atoms with Crippen LogP contribution in [-0.2, 0) is 10.0 Å². The Morgan fingerprint density at radius 3 is 2.39 bits per heavy atom. The monoisotopic (exact) mass is 450 g/mol. The lowest BCUT2D eigenvalue weighted by Gasteiger charge is -2.10. The van der Waals surface area contributed by atoms with E-state index in [1.165, 1.54) is 35.6 Å². The number of carbonyl (C=O) groups is 1. The van der Waals surface area contributed by atoms with Gasteiger partial charge in [-0.15, -0.1) is 11.3 Å². The van der Waals surface area contributed by atoms with Crippen molar-refractivity contribution in [1.82, 2.24) is 9.97 Å². The summed E-state index contributed by atoms with van der Waals surface area (Å²) in [5.74, 6) is -0.377. The molecule has 1 amide bonds. The number of rotatable bonds is 6. The number of thiazole rings is 1. The fourth-order valence-corrected chi connectivity index (χ4v) is 4.64. The Hall–Kier alpha value is -3.56. The van der Waals surface area contributed by atoms with E-state index in [1.807, 2.05) is 42.6 Å². The Kier molecular flexibility index (Phi) is 5.79. The van der Waals surface area contributed by atoms with Crippen molar-refractivity contribution in [1.29, 1.82) is 0 Å². The van der Waals surface area contributed by atoms with E-state index in [-0.39, 0.29) is 10.8 Å². The third kappa shape index (κ3) is 4.79. The summed E-state index contributed by atoms with van der Waals surface area (Å²) in [7, 11) is -3.76. The number of anilines is 2. The summed E-state index contributed by atoms with van der Waals surface area (Å²) in [5, 5.41) is 4.97. The van der Waals surface area contributed by atoms with Crippen LogP contribution in [0.4, 0.5) is 10.8 Å². The number of benzene rings is 2. The van der Waals surface area contributed by atoms with Crippen molar-refractivity contribution in [2.45, 2.75) is 11.8 Å². The summed E-state index contributed by atoms with van der Waals surface area (Å²) in [6, 6.07) is 18.4. The number of para-hydroxylation sites is 1. The molecule has 4 aromatic rings. The summed E-state index contributed by atoms with van der Waals surface area (Å²) in [6.45, 7) is 1.82. The number of aromatic nitrogens is 2. The van der Waals surface area contributed by atoms with Gasteiger partial charge in [-0.25, -0.2) is 13.4 Å². The van der Waals surface area contributed by atoms with Crippen LogP contribution in [-0.4, -0.2) is 24.3 Å². The van der Waals surface area contributed by atoms with Crippen molar-refractivity contribution in [3.63, 3.8) is 0 Å². The molecule has 0 saturated heterocycles. The quantitative estimate of drug-likeness (QED) is 0.448. The summed E-state index contributed by atoms with van der Waals surface area (Å²) in [6.07, 6.45) is 1.68. The lowest BCUT2D eigenvalue weighted by atomic mass is 10.2. The Morgan fingerprint density at radius 2 is 1.68 bits per heavy atom. The van der Waals surface area contributed by atoms with Gasteiger partial charge in [-0.3, -0.25) is 19.8 Å². The van der Waals surface area contributed by atoms with Crippen molar-refractivity contribution in [3.05, 3.63) is 89.4 Å². The zero-order valence-electron chi connectivity index (χ0n) is 16.4. The SMILES string of the molecule is Cc1ccccc1NS(=O)(=O)c1ccc(C(=O)Nc2nc(-c3ccccn3)cs2)cc1. The first kappa shape index (κ1) is 20.7. The molecule has 0 saturated carbocycles. The van der Waals surface area contributed by atoms with E-state index in [1.54, 1.807) is 18.3 Å². The lowest BCUT2D eigenvalue weighted by Crippen LogP contribution is -2.15. The molecule has 0 aliphatic carbocycles. The normalized spacial score (nSPS) is 11.1. The number of sulfonamides is 1. The van der Waals surface area contributed by atoms with Gasteiger partial charge >= 0.3 is 0 Å². The number of amides is 1. The van der Waals surface area contributed by atoms with E-state index in [0.29, 0.717) is 22.1 Å².